The van der Waals surface area contributed by atoms with Crippen LogP contribution >= 0.6 is 155 Å². The summed E-state index contributed by atoms with van der Waals surface area (Å²) in [7, 11) is 0. The van der Waals surface area contributed by atoms with E-state index in [2.05, 4.69) is 116 Å². The molecule has 0 aromatic rings. The van der Waals surface area contributed by atoms with Crippen molar-refractivity contribution in [2.24, 2.45) is 0 Å². The van der Waals surface area contributed by atoms with E-state index in [-0.39, 0.29) is 86.7 Å². The molecule has 0 bridgehead atoms. The molecule has 0 aliphatic rings. The Bertz CT molecular complexity index is 1750. The van der Waals surface area contributed by atoms with Gasteiger partial charge in [0.25, 0.3) is 0 Å². The number of thiol groups is 3. The number of aliphatic hydroxyl groups excluding tert-OH is 1. The van der Waals surface area contributed by atoms with Crippen molar-refractivity contribution >= 4 is 196 Å². The Labute approximate surface area is 738 Å². The van der Waals surface area contributed by atoms with Crippen LogP contribution in [0, 0.1) is 0 Å². The zero-order valence-electron chi connectivity index (χ0n) is 66.3. The van der Waals surface area contributed by atoms with Crippen molar-refractivity contribution in [3.05, 3.63) is 25.3 Å². The van der Waals surface area contributed by atoms with Crippen LogP contribution in [0.1, 0.15) is 291 Å². The van der Waals surface area contributed by atoms with Gasteiger partial charge in [-0.2, -0.15) is 25.3 Å². The van der Waals surface area contributed by atoms with Crippen molar-refractivity contribution in [3.63, 3.8) is 0 Å². The molecule has 0 aromatic carbocycles. The first-order chi connectivity index (χ1) is 50.5. The van der Waals surface area contributed by atoms with Crippen molar-refractivity contribution in [2.45, 2.75) is 290 Å². The van der Waals surface area contributed by atoms with Gasteiger partial charge in [-0.05, 0) is 135 Å². The number of aliphatic hydroxyl groups is 1. The number of thioether (sulfide) groups is 1. The minimum absolute atomic E-state index is 0. The topological polar surface area (TPSA) is 240 Å². The summed E-state index contributed by atoms with van der Waals surface area (Å²) >= 11 is 50.8. The summed E-state index contributed by atoms with van der Waals surface area (Å²) in [6.07, 6.45) is 58.2. The maximum Gasteiger partial charge on any atom is 1.00 e. The van der Waals surface area contributed by atoms with Gasteiger partial charge in [0.1, 0.15) is 26.4 Å². The Morgan fingerprint density at radius 2 is 0.505 bits per heavy atom. The van der Waals surface area contributed by atoms with Crippen LogP contribution in [0.2, 0.25) is 0 Å². The number of carbonyl (C=O) groups is 8. The molecule has 0 atom stereocenters. The second kappa shape index (κ2) is 125. The monoisotopic (exact) mass is 1790 g/mol. The number of hydrogen-bond acceptors (Lipinski definition) is 21. The smallest absolute Gasteiger partial charge is 1.00 e. The third-order valence-electron chi connectivity index (χ3n) is 14.0. The molecule has 0 aliphatic carbocycles. The van der Waals surface area contributed by atoms with Gasteiger partial charge in [0.2, 0.25) is 0 Å². The van der Waals surface area contributed by atoms with E-state index in [9.17, 15) is 28.8 Å². The van der Waals surface area contributed by atoms with Crippen LogP contribution in [0.3, 0.4) is 0 Å². The van der Waals surface area contributed by atoms with Gasteiger partial charge in [-0.3, -0.25) is 19.2 Å². The molecule has 1 N–H and O–H groups in total. The SMILES string of the molecule is C=CCCCCCCCCCOCCO.C=CCCCCCCCCCOCCOC(=O)Cl.CC(=O)S.CC(=O)SCCCCCCCCCCCOCCOC(=O)Cl.Cl.O=C(Cl)Cl.O=C(Cl)Cl.O=C(Cl)OCCOCCCCCCCCCCCS.O=C(Cl)OCCOCCCCCCCCCCCS.[H-].[Na+]. The molecule has 0 unspecified atom stereocenters. The van der Waals surface area contributed by atoms with E-state index in [0.717, 1.165) is 95.1 Å². The minimum Gasteiger partial charge on any atom is -1.00 e. The van der Waals surface area contributed by atoms with Gasteiger partial charge in [-0.1, -0.05) is 223 Å². The Hall–Kier alpha value is 0.810. The molecule has 18 nitrogen and oxygen atoms in total. The molecule has 0 saturated carbocycles. The minimum atomic E-state index is -0.889. The molecule has 0 spiro atoms. The van der Waals surface area contributed by atoms with Crippen LogP contribution < -0.4 is 29.6 Å². The maximum atomic E-state index is 10.7. The molecule has 0 rings (SSSR count). The van der Waals surface area contributed by atoms with E-state index in [4.69, 9.17) is 84.8 Å². The normalized spacial score (nSPS) is 9.89. The van der Waals surface area contributed by atoms with Crippen LogP contribution in [0.4, 0.5) is 28.8 Å². The van der Waals surface area contributed by atoms with E-state index in [1.54, 1.807) is 6.92 Å². The third kappa shape index (κ3) is 189. The van der Waals surface area contributed by atoms with E-state index in [1.807, 2.05) is 12.2 Å². The number of halogens is 9. The molecular formula is C75H140Cl9NaO18S4. The van der Waals surface area contributed by atoms with Gasteiger partial charge in [0.15, 0.2) is 10.2 Å². The number of unbranched alkanes of at least 4 members (excludes halogenated alkanes) is 38. The Balaban J connectivity index is -0.000000116. The summed E-state index contributed by atoms with van der Waals surface area (Å²) in [4.78, 5) is 79.0. The van der Waals surface area contributed by atoms with Gasteiger partial charge in [-0.15, -0.1) is 38.2 Å². The molecule has 32 heteroatoms. The Morgan fingerprint density at radius 3 is 0.682 bits per heavy atom. The van der Waals surface area contributed by atoms with Crippen molar-refractivity contribution in [3.8, 4) is 0 Å². The van der Waals surface area contributed by atoms with Gasteiger partial charge in [0.05, 0.1) is 39.6 Å². The largest absolute Gasteiger partial charge is 1.00 e. The number of ether oxygens (including phenoxy) is 9. The van der Waals surface area contributed by atoms with Crippen LogP contribution in [0.5, 0.6) is 0 Å². The predicted octanol–water partition coefficient (Wildman–Crippen LogP) is 24.0. The average Bonchev–Trinajstić information content (AvgIpc) is 2.88. The maximum absolute atomic E-state index is 10.7. The fraction of sp³-hybridized carbons (Fsp3) is 0.840. The summed E-state index contributed by atoms with van der Waals surface area (Å²) in [6.45, 7) is 17.5. The molecule has 0 saturated heterocycles. The van der Waals surface area contributed by atoms with E-state index >= 15 is 0 Å². The van der Waals surface area contributed by atoms with Crippen LogP contribution in [0.15, 0.2) is 25.3 Å². The fourth-order valence-electron chi connectivity index (χ4n) is 8.92. The first kappa shape index (κ1) is 129. The first-order valence-electron chi connectivity index (χ1n) is 37.8. The molecule has 107 heavy (non-hydrogen) atoms. The van der Waals surface area contributed by atoms with Gasteiger partial charge in [0, 0.05) is 99.0 Å². The summed E-state index contributed by atoms with van der Waals surface area (Å²) < 4.78 is 42.8. The van der Waals surface area contributed by atoms with Crippen molar-refractivity contribution in [2.75, 3.05) is 116 Å². The first-order valence-corrected chi connectivity index (χ1v) is 43.5. The van der Waals surface area contributed by atoms with Crippen LogP contribution in [-0.2, 0) is 52.2 Å². The zero-order chi connectivity index (χ0) is 80.2. The molecule has 0 amide bonds. The van der Waals surface area contributed by atoms with Gasteiger partial charge < -0.3 is 49.2 Å². The molecule has 0 aliphatic heterocycles. The number of rotatable bonds is 68. The average molecular weight is 1800 g/mol. The van der Waals surface area contributed by atoms with E-state index in [1.165, 1.54) is 243 Å². The number of allylic oxidation sites excluding steroid dienone is 2. The van der Waals surface area contributed by atoms with Gasteiger partial charge >= 0.3 is 60.7 Å². The molecule has 0 heterocycles. The molecular weight excluding hydrogens is 1660 g/mol. The van der Waals surface area contributed by atoms with Crippen LogP contribution in [0.25, 0.3) is 0 Å². The Morgan fingerprint density at radius 1 is 0.327 bits per heavy atom. The summed E-state index contributed by atoms with van der Waals surface area (Å²) in [5.41, 5.74) is -3.08. The number of carbonyl (C=O) groups excluding carboxylic acids is 8. The summed E-state index contributed by atoms with van der Waals surface area (Å²) in [5.74, 6) is 3.01. The zero-order valence-corrected chi connectivity index (χ0v) is 77.6. The van der Waals surface area contributed by atoms with E-state index < -0.39 is 31.1 Å². The van der Waals surface area contributed by atoms with Crippen molar-refractivity contribution < 1.29 is 117 Å². The molecule has 0 radical (unpaired) electrons. The fourth-order valence-corrected chi connectivity index (χ4v) is 10.3. The van der Waals surface area contributed by atoms with Crippen LogP contribution in [-0.4, -0.2) is 163 Å². The molecule has 636 valence electrons. The number of hydrogen-bond donors (Lipinski definition) is 4. The van der Waals surface area contributed by atoms with Crippen molar-refractivity contribution in [1.29, 1.82) is 0 Å². The van der Waals surface area contributed by atoms with Crippen molar-refractivity contribution in [1.82, 2.24) is 0 Å². The second-order valence-corrected chi connectivity index (χ2v) is 29.3. The summed E-state index contributed by atoms with van der Waals surface area (Å²) in [6, 6.07) is 0. The van der Waals surface area contributed by atoms with E-state index in [0.29, 0.717) is 39.6 Å². The third-order valence-corrected chi connectivity index (χ3v) is 16.0. The van der Waals surface area contributed by atoms with Gasteiger partial charge in [-0.25, -0.2) is 19.2 Å². The standard InChI is InChI=1S/C16H29ClO4S.2C14H27ClO3S.C14H25ClO3.C13H26O2.C2H4OS.2CCl2O.ClH.Na.H/c1-15(18)22-14-10-8-6-4-2-3-5-7-9-11-20-12-13-21-16(17)19;2*15-14(16)18-12-11-17-10-8-6-4-2-1-3-5-7-9-13-19;1-2-3-4-5-6-7-8-9-10-11-17-12-13-18-14(15)16;1-2-3-4-5-6-7-8-9-10-12-15-13-11-14;1-2(3)4;2*2-1(3)4;;;/h2-14H2,1H3;2*19H,1-13H2;2H,1,3-13H2;2,14H,1,3-13H2;1H3,(H,3,4);;;1H;;/q;;;;;;;;;+1;-1. The Kier molecular flexibility index (Phi) is 150. The predicted molar refractivity (Wildman–Crippen MR) is 462 cm³/mol. The molecule has 0 fully saturated rings. The molecule has 0 aromatic heterocycles. The summed E-state index contributed by atoms with van der Waals surface area (Å²) in [5, 5.41) is 8.56. The quantitative estimate of drug-likeness (QED) is 0.0110. The second-order valence-electron chi connectivity index (χ2n) is 23.5.